The van der Waals surface area contributed by atoms with E-state index in [0.29, 0.717) is 17.5 Å². The summed E-state index contributed by atoms with van der Waals surface area (Å²) in [6, 6.07) is 10.6. The maximum absolute atomic E-state index is 13.2. The van der Waals surface area contributed by atoms with Gasteiger partial charge in [0.2, 0.25) is 0 Å². The Bertz CT molecular complexity index is 1030. The lowest BCUT2D eigenvalue weighted by Gasteiger charge is -2.12. The quantitative estimate of drug-likeness (QED) is 0.279. The Hall–Kier alpha value is -2.56. The van der Waals surface area contributed by atoms with Crippen molar-refractivity contribution in [3.8, 4) is 11.1 Å². The molecule has 1 aliphatic carbocycles. The zero-order chi connectivity index (χ0) is 20.0. The number of rotatable bonds is 3. The number of benzene rings is 2. The second kappa shape index (κ2) is 6.25. The predicted molar refractivity (Wildman–Crippen MR) is 83.3 cm³/mol. The normalized spacial score (nSPS) is 14.7. The standard InChI is InChI=1S/C16H9F6NO3S/c17-15(18,19)14(23-26-27(24,25)16(20,21)22)10-5-6-13-11(8-10)7-9-3-1-2-4-12(9)13/h1-6,8H,7H2/b23-14-. The molecular weight excluding hydrogens is 400 g/mol. The van der Waals surface area contributed by atoms with E-state index >= 15 is 0 Å². The Kier molecular flexibility index (Phi) is 4.45. The molecule has 0 radical (unpaired) electrons. The lowest BCUT2D eigenvalue weighted by Crippen LogP contribution is -2.28. The SMILES string of the molecule is O=S(=O)(O/N=C(/c1ccc2c(c1)Cc1ccccc1-2)C(F)(F)F)C(F)(F)F. The topological polar surface area (TPSA) is 55.7 Å². The third-order valence-corrected chi connectivity index (χ3v) is 4.68. The molecule has 27 heavy (non-hydrogen) atoms. The maximum atomic E-state index is 13.2. The van der Waals surface area contributed by atoms with Crippen LogP contribution < -0.4 is 0 Å². The number of fused-ring (bicyclic) bond motifs is 3. The van der Waals surface area contributed by atoms with Crippen LogP contribution in [0, 0.1) is 0 Å². The highest BCUT2D eigenvalue weighted by Crippen LogP contribution is 2.37. The average molecular weight is 409 g/mol. The molecule has 0 saturated heterocycles. The molecule has 0 heterocycles. The fraction of sp³-hybridized carbons (Fsp3) is 0.188. The first kappa shape index (κ1) is 19.2. The number of oxime groups is 1. The second-order valence-corrected chi connectivity index (χ2v) is 7.14. The molecule has 144 valence electrons. The van der Waals surface area contributed by atoms with E-state index in [4.69, 9.17) is 0 Å². The molecule has 2 aromatic rings. The Balaban J connectivity index is 2.01. The first-order valence-electron chi connectivity index (χ1n) is 7.27. The highest BCUT2D eigenvalue weighted by Gasteiger charge is 2.49. The van der Waals surface area contributed by atoms with Crippen LogP contribution in [0.1, 0.15) is 16.7 Å². The zero-order valence-electron chi connectivity index (χ0n) is 13.1. The zero-order valence-corrected chi connectivity index (χ0v) is 13.9. The van der Waals surface area contributed by atoms with Crippen molar-refractivity contribution in [2.75, 3.05) is 0 Å². The van der Waals surface area contributed by atoms with Crippen LogP contribution in [0.2, 0.25) is 0 Å². The van der Waals surface area contributed by atoms with Crippen LogP contribution >= 0.6 is 0 Å². The summed E-state index contributed by atoms with van der Waals surface area (Å²) in [4.78, 5) is 0. The number of hydrogen-bond acceptors (Lipinski definition) is 4. The summed E-state index contributed by atoms with van der Waals surface area (Å²) in [5.41, 5.74) is -5.48. The van der Waals surface area contributed by atoms with Crippen LogP contribution in [0.25, 0.3) is 11.1 Å². The minimum absolute atomic E-state index is 0.326. The third kappa shape index (κ3) is 3.64. The minimum Gasteiger partial charge on any atom is -0.261 e. The molecule has 11 heteroatoms. The van der Waals surface area contributed by atoms with Crippen LogP contribution in [0.15, 0.2) is 47.6 Å². The minimum atomic E-state index is -6.30. The van der Waals surface area contributed by atoms with Crippen molar-refractivity contribution in [2.45, 2.75) is 18.1 Å². The van der Waals surface area contributed by atoms with Gasteiger partial charge in [-0.25, -0.2) is 0 Å². The summed E-state index contributed by atoms with van der Waals surface area (Å²) in [6.45, 7) is 0. The van der Waals surface area contributed by atoms with Gasteiger partial charge in [-0.15, -0.1) is 0 Å². The van der Waals surface area contributed by atoms with Gasteiger partial charge in [-0.1, -0.05) is 41.6 Å². The van der Waals surface area contributed by atoms with Gasteiger partial charge in [0.25, 0.3) is 0 Å². The molecule has 0 bridgehead atoms. The van der Waals surface area contributed by atoms with E-state index in [2.05, 4.69) is 9.44 Å². The van der Waals surface area contributed by atoms with Crippen molar-refractivity contribution < 1.29 is 39.0 Å². The van der Waals surface area contributed by atoms with Crippen LogP contribution in [0.5, 0.6) is 0 Å². The molecule has 4 nitrogen and oxygen atoms in total. The Morgan fingerprint density at radius 1 is 0.926 bits per heavy atom. The van der Waals surface area contributed by atoms with Crippen molar-refractivity contribution in [3.05, 3.63) is 59.2 Å². The molecule has 0 unspecified atom stereocenters. The molecule has 0 atom stereocenters. The molecule has 0 aromatic heterocycles. The maximum Gasteiger partial charge on any atom is 0.536 e. The molecule has 0 fully saturated rings. The van der Waals surface area contributed by atoms with E-state index in [9.17, 15) is 34.8 Å². The van der Waals surface area contributed by atoms with Gasteiger partial charge in [0.05, 0.1) is 0 Å². The Morgan fingerprint density at radius 2 is 1.56 bits per heavy atom. The summed E-state index contributed by atoms with van der Waals surface area (Å²) in [6.07, 6.45) is -4.91. The van der Waals surface area contributed by atoms with Gasteiger partial charge in [-0.2, -0.15) is 34.8 Å². The molecule has 0 spiro atoms. The lowest BCUT2D eigenvalue weighted by atomic mass is 10.0. The van der Waals surface area contributed by atoms with Crippen molar-refractivity contribution in [1.29, 1.82) is 0 Å². The highest BCUT2D eigenvalue weighted by molar-refractivity contribution is 7.87. The van der Waals surface area contributed by atoms with Gasteiger partial charge in [0.15, 0.2) is 5.71 Å². The second-order valence-electron chi connectivity index (χ2n) is 5.62. The van der Waals surface area contributed by atoms with E-state index in [0.717, 1.165) is 23.3 Å². The van der Waals surface area contributed by atoms with Crippen LogP contribution in [-0.4, -0.2) is 25.8 Å². The monoisotopic (exact) mass is 409 g/mol. The van der Waals surface area contributed by atoms with E-state index < -0.39 is 33.1 Å². The van der Waals surface area contributed by atoms with E-state index in [1.54, 1.807) is 24.3 Å². The first-order valence-corrected chi connectivity index (χ1v) is 8.67. The number of halogens is 6. The molecular formula is C16H9F6NO3S. The van der Waals surface area contributed by atoms with Gasteiger partial charge in [0.1, 0.15) is 0 Å². The largest absolute Gasteiger partial charge is 0.536 e. The van der Waals surface area contributed by atoms with Crippen molar-refractivity contribution >= 4 is 15.8 Å². The van der Waals surface area contributed by atoms with E-state index in [1.165, 1.54) is 6.07 Å². The van der Waals surface area contributed by atoms with Gasteiger partial charge < -0.3 is 0 Å². The van der Waals surface area contributed by atoms with Gasteiger partial charge in [-0.3, -0.25) is 4.28 Å². The summed E-state index contributed by atoms with van der Waals surface area (Å²) in [7, 11) is -6.30. The van der Waals surface area contributed by atoms with Crippen LogP contribution in [0.3, 0.4) is 0 Å². The van der Waals surface area contributed by atoms with Gasteiger partial charge in [-0.05, 0) is 34.7 Å². The molecule has 1 aliphatic rings. The number of nitrogens with zero attached hydrogens (tertiary/aromatic N) is 1. The Morgan fingerprint density at radius 3 is 2.19 bits per heavy atom. The summed E-state index contributed by atoms with van der Waals surface area (Å²) in [5, 5.41) is 2.26. The fourth-order valence-corrected chi connectivity index (χ4v) is 2.95. The molecule has 2 aromatic carbocycles. The van der Waals surface area contributed by atoms with E-state index in [1.807, 2.05) is 0 Å². The molecule has 0 aliphatic heterocycles. The number of hydrogen-bond donors (Lipinski definition) is 0. The van der Waals surface area contributed by atoms with Crippen molar-refractivity contribution in [2.24, 2.45) is 5.16 Å². The number of alkyl halides is 6. The van der Waals surface area contributed by atoms with Crippen molar-refractivity contribution in [1.82, 2.24) is 0 Å². The fourth-order valence-electron chi connectivity index (χ4n) is 2.69. The molecule has 3 rings (SSSR count). The average Bonchev–Trinajstić information content (AvgIpc) is 2.90. The lowest BCUT2D eigenvalue weighted by molar-refractivity contribution is -0.0633. The van der Waals surface area contributed by atoms with Gasteiger partial charge >= 0.3 is 21.8 Å². The molecule has 0 amide bonds. The molecule has 0 saturated carbocycles. The predicted octanol–water partition coefficient (Wildman–Crippen LogP) is 4.39. The highest BCUT2D eigenvalue weighted by atomic mass is 32.2. The van der Waals surface area contributed by atoms with Crippen LogP contribution in [-0.2, 0) is 20.8 Å². The summed E-state index contributed by atoms with van der Waals surface area (Å²) < 4.78 is 101. The smallest absolute Gasteiger partial charge is 0.261 e. The van der Waals surface area contributed by atoms with Gasteiger partial charge in [0, 0.05) is 5.56 Å². The third-order valence-electron chi connectivity index (χ3n) is 3.85. The van der Waals surface area contributed by atoms with Crippen molar-refractivity contribution in [3.63, 3.8) is 0 Å². The summed E-state index contributed by atoms with van der Waals surface area (Å²) >= 11 is 0. The Labute approximate surface area is 149 Å². The van der Waals surface area contributed by atoms with Crippen LogP contribution in [0.4, 0.5) is 26.3 Å². The van der Waals surface area contributed by atoms with E-state index in [-0.39, 0.29) is 0 Å². The summed E-state index contributed by atoms with van der Waals surface area (Å²) in [5.74, 6) is 0. The molecule has 0 N–H and O–H groups in total. The first-order chi connectivity index (χ1) is 12.4.